The Morgan fingerprint density at radius 3 is 3.06 bits per heavy atom. The maximum absolute atomic E-state index is 5.57. The third kappa shape index (κ3) is 3.53. The standard InChI is InChI=1S/C12H15N5S/c13-12(18)10-2-4-16-11(8-10)15-3-1-6-17-7-5-14-9-17/h2,4-5,7-9H,1,3,6H2,(H2,13,18)(H,15,16). The number of thiocarbonyl (C=S) groups is 1. The number of nitrogens with one attached hydrogen (secondary N) is 1. The zero-order chi connectivity index (χ0) is 12.8. The van der Waals surface area contributed by atoms with E-state index in [-0.39, 0.29) is 0 Å². The van der Waals surface area contributed by atoms with Gasteiger partial charge in [-0.1, -0.05) is 12.2 Å². The summed E-state index contributed by atoms with van der Waals surface area (Å²) < 4.78 is 2.04. The van der Waals surface area contributed by atoms with Gasteiger partial charge >= 0.3 is 0 Å². The fourth-order valence-corrected chi connectivity index (χ4v) is 1.70. The van der Waals surface area contributed by atoms with Gasteiger partial charge < -0.3 is 15.6 Å². The number of hydrogen-bond acceptors (Lipinski definition) is 4. The summed E-state index contributed by atoms with van der Waals surface area (Å²) in [6.45, 7) is 1.77. The number of hydrogen-bond donors (Lipinski definition) is 2. The van der Waals surface area contributed by atoms with Gasteiger partial charge in [-0.15, -0.1) is 0 Å². The lowest BCUT2D eigenvalue weighted by atomic mass is 10.2. The Bertz CT molecular complexity index is 509. The van der Waals surface area contributed by atoms with Gasteiger partial charge in [-0.3, -0.25) is 0 Å². The van der Waals surface area contributed by atoms with Crippen LogP contribution in [0, 0.1) is 0 Å². The van der Waals surface area contributed by atoms with Gasteiger partial charge in [-0.25, -0.2) is 9.97 Å². The third-order valence-corrected chi connectivity index (χ3v) is 2.74. The van der Waals surface area contributed by atoms with Crippen molar-refractivity contribution in [3.63, 3.8) is 0 Å². The number of nitrogens with two attached hydrogens (primary N) is 1. The molecule has 6 heteroatoms. The number of nitrogens with zero attached hydrogens (tertiary/aromatic N) is 3. The van der Waals surface area contributed by atoms with Crippen LogP contribution in [0.15, 0.2) is 37.1 Å². The van der Waals surface area contributed by atoms with E-state index in [1.165, 1.54) is 0 Å². The van der Waals surface area contributed by atoms with Gasteiger partial charge in [-0.2, -0.15) is 0 Å². The van der Waals surface area contributed by atoms with Crippen LogP contribution in [-0.2, 0) is 6.54 Å². The highest BCUT2D eigenvalue weighted by Crippen LogP contribution is 2.06. The van der Waals surface area contributed by atoms with Crippen molar-refractivity contribution in [1.82, 2.24) is 14.5 Å². The molecule has 2 aromatic heterocycles. The van der Waals surface area contributed by atoms with E-state index in [0.29, 0.717) is 4.99 Å². The molecule has 3 N–H and O–H groups in total. The maximum atomic E-state index is 5.57. The van der Waals surface area contributed by atoms with Gasteiger partial charge in [0.2, 0.25) is 0 Å². The largest absolute Gasteiger partial charge is 0.389 e. The molecule has 0 saturated heterocycles. The second kappa shape index (κ2) is 6.11. The van der Waals surface area contributed by atoms with E-state index >= 15 is 0 Å². The van der Waals surface area contributed by atoms with Crippen molar-refractivity contribution < 1.29 is 0 Å². The summed E-state index contributed by atoms with van der Waals surface area (Å²) in [5, 5.41) is 3.24. The highest BCUT2D eigenvalue weighted by Gasteiger charge is 1.99. The van der Waals surface area contributed by atoms with E-state index in [0.717, 1.165) is 30.9 Å². The summed E-state index contributed by atoms with van der Waals surface area (Å²) in [4.78, 5) is 8.59. The lowest BCUT2D eigenvalue weighted by Crippen LogP contribution is -2.11. The number of rotatable bonds is 6. The second-order valence-electron chi connectivity index (χ2n) is 3.87. The molecule has 0 aromatic carbocycles. The monoisotopic (exact) mass is 261 g/mol. The van der Waals surface area contributed by atoms with Crippen LogP contribution < -0.4 is 11.1 Å². The first-order valence-electron chi connectivity index (χ1n) is 5.71. The molecule has 2 aromatic rings. The Morgan fingerprint density at radius 1 is 1.44 bits per heavy atom. The average molecular weight is 261 g/mol. The van der Waals surface area contributed by atoms with Gasteiger partial charge in [0.15, 0.2) is 0 Å². The molecule has 0 saturated carbocycles. The van der Waals surface area contributed by atoms with E-state index in [4.69, 9.17) is 18.0 Å². The summed E-state index contributed by atoms with van der Waals surface area (Å²) in [7, 11) is 0. The first-order chi connectivity index (χ1) is 8.75. The van der Waals surface area contributed by atoms with Gasteiger partial charge in [0.1, 0.15) is 10.8 Å². The number of aromatic nitrogens is 3. The zero-order valence-corrected chi connectivity index (χ0v) is 10.7. The fraction of sp³-hybridized carbons (Fsp3) is 0.250. The van der Waals surface area contributed by atoms with Gasteiger partial charge in [0.05, 0.1) is 6.33 Å². The Balaban J connectivity index is 1.79. The molecule has 2 heterocycles. The Kier molecular flexibility index (Phi) is 4.25. The molecule has 0 amide bonds. The molecule has 2 rings (SSSR count). The summed E-state index contributed by atoms with van der Waals surface area (Å²) in [5.74, 6) is 0.797. The van der Waals surface area contributed by atoms with Crippen molar-refractivity contribution in [2.75, 3.05) is 11.9 Å². The lowest BCUT2D eigenvalue weighted by molar-refractivity contribution is 0.660. The van der Waals surface area contributed by atoms with Crippen LogP contribution in [0.25, 0.3) is 0 Å². The first-order valence-corrected chi connectivity index (χ1v) is 6.12. The van der Waals surface area contributed by atoms with Crippen molar-refractivity contribution >= 4 is 23.0 Å². The molecule has 94 valence electrons. The molecule has 0 aliphatic carbocycles. The van der Waals surface area contributed by atoms with Gasteiger partial charge in [0, 0.05) is 37.2 Å². The molecular formula is C12H15N5S. The van der Waals surface area contributed by atoms with Crippen molar-refractivity contribution in [2.24, 2.45) is 5.73 Å². The maximum Gasteiger partial charge on any atom is 0.126 e. The molecule has 5 nitrogen and oxygen atoms in total. The Morgan fingerprint density at radius 2 is 2.33 bits per heavy atom. The summed E-state index contributed by atoms with van der Waals surface area (Å²) in [6, 6.07) is 3.67. The predicted molar refractivity (Wildman–Crippen MR) is 75.5 cm³/mol. The van der Waals surface area contributed by atoms with Crippen LogP contribution in [-0.4, -0.2) is 26.1 Å². The molecule has 0 atom stereocenters. The van der Waals surface area contributed by atoms with Crippen LogP contribution in [0.1, 0.15) is 12.0 Å². The van der Waals surface area contributed by atoms with Crippen LogP contribution in [0.3, 0.4) is 0 Å². The fourth-order valence-electron chi connectivity index (χ4n) is 1.58. The SMILES string of the molecule is NC(=S)c1ccnc(NCCCn2ccnc2)c1. The van der Waals surface area contributed by atoms with Gasteiger partial charge in [0.25, 0.3) is 0 Å². The van der Waals surface area contributed by atoms with E-state index in [1.54, 1.807) is 18.5 Å². The molecule has 0 spiro atoms. The lowest BCUT2D eigenvalue weighted by Gasteiger charge is -2.07. The van der Waals surface area contributed by atoms with Crippen LogP contribution in [0.4, 0.5) is 5.82 Å². The average Bonchev–Trinajstić information content (AvgIpc) is 2.88. The van der Waals surface area contributed by atoms with Crippen LogP contribution >= 0.6 is 12.2 Å². The quantitative estimate of drug-likeness (QED) is 0.608. The summed E-state index contributed by atoms with van der Waals surface area (Å²) >= 11 is 4.92. The van der Waals surface area contributed by atoms with Gasteiger partial charge in [-0.05, 0) is 18.6 Å². The summed E-state index contributed by atoms with van der Waals surface area (Å²) in [6.07, 6.45) is 8.24. The minimum absolute atomic E-state index is 0.388. The van der Waals surface area contributed by atoms with Crippen molar-refractivity contribution in [2.45, 2.75) is 13.0 Å². The molecule has 0 aliphatic rings. The van der Waals surface area contributed by atoms with Crippen molar-refractivity contribution in [3.8, 4) is 0 Å². The molecule has 0 radical (unpaired) electrons. The molecule has 0 fully saturated rings. The van der Waals surface area contributed by atoms with E-state index in [1.807, 2.05) is 23.2 Å². The minimum Gasteiger partial charge on any atom is -0.389 e. The van der Waals surface area contributed by atoms with Crippen LogP contribution in [0.2, 0.25) is 0 Å². The Labute approximate surface area is 111 Å². The Hall–Kier alpha value is -1.95. The third-order valence-electron chi connectivity index (χ3n) is 2.50. The number of pyridine rings is 1. The molecule has 0 unspecified atom stereocenters. The highest BCUT2D eigenvalue weighted by atomic mass is 32.1. The number of imidazole rings is 1. The minimum atomic E-state index is 0.388. The topological polar surface area (TPSA) is 68.8 Å². The molecule has 0 aliphatic heterocycles. The molecule has 0 bridgehead atoms. The first kappa shape index (κ1) is 12.5. The second-order valence-corrected chi connectivity index (χ2v) is 4.31. The summed E-state index contributed by atoms with van der Waals surface area (Å²) in [5.41, 5.74) is 6.40. The predicted octanol–water partition coefficient (Wildman–Crippen LogP) is 1.41. The van der Waals surface area contributed by atoms with E-state index in [9.17, 15) is 0 Å². The van der Waals surface area contributed by atoms with E-state index < -0.39 is 0 Å². The van der Waals surface area contributed by atoms with Crippen molar-refractivity contribution in [1.29, 1.82) is 0 Å². The molecular weight excluding hydrogens is 246 g/mol. The highest BCUT2D eigenvalue weighted by molar-refractivity contribution is 7.80. The zero-order valence-electron chi connectivity index (χ0n) is 9.91. The normalized spacial score (nSPS) is 10.2. The molecule has 18 heavy (non-hydrogen) atoms. The van der Waals surface area contributed by atoms with E-state index in [2.05, 4.69) is 15.3 Å². The number of anilines is 1. The smallest absolute Gasteiger partial charge is 0.126 e. The van der Waals surface area contributed by atoms with Crippen molar-refractivity contribution in [3.05, 3.63) is 42.6 Å². The van der Waals surface area contributed by atoms with Crippen LogP contribution in [0.5, 0.6) is 0 Å². The number of aryl methyl sites for hydroxylation is 1.